The Morgan fingerprint density at radius 2 is 1.72 bits per heavy atom. The molecule has 0 spiro atoms. The molecule has 0 aromatic carbocycles. The quantitative estimate of drug-likeness (QED) is 0.192. The molecule has 0 bridgehead atoms. The molecule has 5 fully saturated rings. The molecule has 0 amide bonds. The van der Waals surface area contributed by atoms with Gasteiger partial charge in [-0.05, 0) is 81.6 Å². The van der Waals surface area contributed by atoms with Gasteiger partial charge in [0.15, 0.2) is 6.29 Å². The summed E-state index contributed by atoms with van der Waals surface area (Å²) in [6.45, 7) is 3.98. The molecular formula is C29H42O10. The molecule has 10 nitrogen and oxygen atoms in total. The average Bonchev–Trinajstić information content (AvgIpc) is 3.45. The highest BCUT2D eigenvalue weighted by atomic mass is 16.7. The molecule has 0 aromatic rings. The van der Waals surface area contributed by atoms with Crippen LogP contribution >= 0.6 is 0 Å². The smallest absolute Gasteiger partial charge is 0.331 e. The molecule has 39 heavy (non-hydrogen) atoms. The van der Waals surface area contributed by atoms with E-state index in [0.717, 1.165) is 18.3 Å². The molecular weight excluding hydrogens is 508 g/mol. The van der Waals surface area contributed by atoms with Gasteiger partial charge < -0.3 is 44.5 Å². The number of cyclic esters (lactones) is 1. The van der Waals surface area contributed by atoms with Crippen LogP contribution in [0.3, 0.4) is 0 Å². The van der Waals surface area contributed by atoms with Crippen molar-refractivity contribution >= 4 is 12.3 Å². The summed E-state index contributed by atoms with van der Waals surface area (Å²) in [6, 6.07) is 0. The van der Waals surface area contributed by atoms with Crippen LogP contribution in [0.5, 0.6) is 0 Å². The first-order valence-electron chi connectivity index (χ1n) is 14.5. The third-order valence-electron chi connectivity index (χ3n) is 12.0. The molecule has 5 N–H and O–H groups in total. The van der Waals surface area contributed by atoms with Crippen LogP contribution in [-0.4, -0.2) is 92.4 Å². The minimum absolute atomic E-state index is 0.0465. The minimum atomic E-state index is -1.43. The highest BCUT2D eigenvalue weighted by molar-refractivity contribution is 5.85. The van der Waals surface area contributed by atoms with Gasteiger partial charge >= 0.3 is 5.97 Å². The van der Waals surface area contributed by atoms with Gasteiger partial charge in [-0.3, -0.25) is 0 Å². The lowest BCUT2D eigenvalue weighted by Crippen LogP contribution is -2.69. The third kappa shape index (κ3) is 3.78. The fraction of sp³-hybridized carbons (Fsp3) is 0.862. The van der Waals surface area contributed by atoms with E-state index in [1.54, 1.807) is 13.0 Å². The fourth-order valence-corrected chi connectivity index (χ4v) is 9.75. The number of aliphatic hydroxyl groups excluding tert-OH is 3. The van der Waals surface area contributed by atoms with E-state index in [-0.39, 0.29) is 36.8 Å². The Bertz CT molecular complexity index is 1050. The van der Waals surface area contributed by atoms with E-state index in [9.17, 15) is 35.1 Å². The SMILES string of the molecule is C[C@H]1O[C@@H](O[C@H]2CC[C@]3(C=O)C4CC[C@]5(C)C(C6=CC(=O)OC6)CC[C@]5(O)[C@@H]4CC[C@]3(O)C2)[C@H](O)[C@H](O)[C@H]1O. The summed E-state index contributed by atoms with van der Waals surface area (Å²) in [5, 5.41) is 55.0. The number of carbonyl (C=O) groups is 2. The highest BCUT2D eigenvalue weighted by Crippen LogP contribution is 2.70. The third-order valence-corrected chi connectivity index (χ3v) is 12.0. The molecule has 6 aliphatic rings. The molecule has 4 saturated carbocycles. The molecule has 13 atom stereocenters. The average molecular weight is 551 g/mol. The van der Waals surface area contributed by atoms with Crippen LogP contribution in [0.25, 0.3) is 0 Å². The number of carbonyl (C=O) groups excluding carboxylic acids is 2. The lowest BCUT2D eigenvalue weighted by atomic mass is 9.41. The summed E-state index contributed by atoms with van der Waals surface area (Å²) in [7, 11) is 0. The number of esters is 1. The lowest BCUT2D eigenvalue weighted by molar-refractivity contribution is -0.317. The van der Waals surface area contributed by atoms with Crippen molar-refractivity contribution in [2.45, 2.75) is 120 Å². The summed E-state index contributed by atoms with van der Waals surface area (Å²) < 4.78 is 16.9. The summed E-state index contributed by atoms with van der Waals surface area (Å²) in [5.41, 5.74) is -2.86. The van der Waals surface area contributed by atoms with Crippen LogP contribution in [0.4, 0.5) is 0 Å². The zero-order valence-electron chi connectivity index (χ0n) is 22.7. The first-order valence-corrected chi connectivity index (χ1v) is 14.5. The minimum Gasteiger partial charge on any atom is -0.458 e. The largest absolute Gasteiger partial charge is 0.458 e. The maximum Gasteiger partial charge on any atom is 0.331 e. The maximum atomic E-state index is 13.0. The summed E-state index contributed by atoms with van der Waals surface area (Å²) in [5.74, 6) is -0.616. The monoisotopic (exact) mass is 550 g/mol. The van der Waals surface area contributed by atoms with Crippen LogP contribution in [0.15, 0.2) is 11.6 Å². The number of hydrogen-bond donors (Lipinski definition) is 5. The lowest BCUT2D eigenvalue weighted by Gasteiger charge is -2.65. The number of ether oxygens (including phenoxy) is 3. The molecule has 0 aromatic heterocycles. The van der Waals surface area contributed by atoms with Gasteiger partial charge in [0.25, 0.3) is 0 Å². The first-order chi connectivity index (χ1) is 18.4. The van der Waals surface area contributed by atoms with Crippen molar-refractivity contribution < 1.29 is 49.3 Å². The second-order valence-corrected chi connectivity index (χ2v) is 13.4. The van der Waals surface area contributed by atoms with Gasteiger partial charge in [0, 0.05) is 17.9 Å². The standard InChI is InChI=1S/C29H42O10/c1-15-22(32)23(33)24(34)25(38-15)39-17-3-8-27(14-30)19-4-7-26(2)18(16-11-21(31)37-13-16)6-10-29(26,36)20(19)5-9-28(27,35)12-17/h11,14-15,17-20,22-25,32-36H,3-10,12-13H2,1-2H3/t15-,17+,18?,19?,20-,22+,23-,24-,25+,26-,27+,28+,29+/m1/s1. The zero-order chi connectivity index (χ0) is 28.0. The number of rotatable bonds is 4. The second-order valence-electron chi connectivity index (χ2n) is 13.4. The van der Waals surface area contributed by atoms with Gasteiger partial charge in [0.05, 0.1) is 28.8 Å². The maximum absolute atomic E-state index is 13.0. The Kier molecular flexibility index (Phi) is 6.62. The van der Waals surface area contributed by atoms with Gasteiger partial charge in [-0.15, -0.1) is 0 Å². The highest BCUT2D eigenvalue weighted by Gasteiger charge is 2.71. The molecule has 2 aliphatic heterocycles. The Balaban J connectivity index is 1.22. The number of fused-ring (bicyclic) bond motifs is 5. The van der Waals surface area contributed by atoms with Crippen molar-refractivity contribution in [2.24, 2.45) is 28.6 Å². The summed E-state index contributed by atoms with van der Waals surface area (Å²) >= 11 is 0. The molecule has 0 radical (unpaired) electrons. The van der Waals surface area contributed by atoms with Gasteiger partial charge in [0.2, 0.25) is 0 Å². The van der Waals surface area contributed by atoms with Gasteiger partial charge in [-0.1, -0.05) is 6.92 Å². The first kappa shape index (κ1) is 27.8. The topological polar surface area (TPSA) is 163 Å². The van der Waals surface area contributed by atoms with Crippen LogP contribution < -0.4 is 0 Å². The molecule has 218 valence electrons. The van der Waals surface area contributed by atoms with Crippen molar-refractivity contribution in [1.29, 1.82) is 0 Å². The number of aliphatic hydroxyl groups is 5. The second kappa shape index (κ2) is 9.31. The Hall–Kier alpha value is -1.40. The van der Waals surface area contributed by atoms with E-state index in [4.69, 9.17) is 14.2 Å². The normalized spacial score (nSPS) is 55.2. The Morgan fingerprint density at radius 3 is 2.41 bits per heavy atom. The van der Waals surface area contributed by atoms with Crippen LogP contribution in [0.2, 0.25) is 0 Å². The molecule has 10 heteroatoms. The van der Waals surface area contributed by atoms with Crippen molar-refractivity contribution in [3.8, 4) is 0 Å². The molecule has 1 saturated heterocycles. The van der Waals surface area contributed by atoms with Crippen LogP contribution in [0.1, 0.15) is 71.6 Å². The number of aldehydes is 1. The predicted molar refractivity (Wildman–Crippen MR) is 135 cm³/mol. The van der Waals surface area contributed by atoms with E-state index >= 15 is 0 Å². The Labute approximate surface area is 228 Å². The van der Waals surface area contributed by atoms with Crippen molar-refractivity contribution in [1.82, 2.24) is 0 Å². The van der Waals surface area contributed by atoms with E-state index in [0.29, 0.717) is 44.9 Å². The van der Waals surface area contributed by atoms with Gasteiger partial charge in [0.1, 0.15) is 31.2 Å². The molecule has 6 rings (SSSR count). The van der Waals surface area contributed by atoms with E-state index in [1.165, 1.54) is 0 Å². The number of hydrogen-bond acceptors (Lipinski definition) is 10. The van der Waals surface area contributed by atoms with E-state index in [2.05, 4.69) is 6.92 Å². The van der Waals surface area contributed by atoms with Gasteiger partial charge in [-0.2, -0.15) is 0 Å². The van der Waals surface area contributed by atoms with Gasteiger partial charge in [-0.25, -0.2) is 4.79 Å². The van der Waals surface area contributed by atoms with Crippen molar-refractivity contribution in [3.63, 3.8) is 0 Å². The molecule has 2 unspecified atom stereocenters. The predicted octanol–water partition coefficient (Wildman–Crippen LogP) is 0.750. The van der Waals surface area contributed by atoms with Crippen molar-refractivity contribution in [2.75, 3.05) is 6.61 Å². The van der Waals surface area contributed by atoms with Crippen LogP contribution in [-0.2, 0) is 23.8 Å². The fourth-order valence-electron chi connectivity index (χ4n) is 9.75. The summed E-state index contributed by atoms with van der Waals surface area (Å²) in [4.78, 5) is 24.8. The molecule has 2 heterocycles. The Morgan fingerprint density at radius 1 is 0.974 bits per heavy atom. The van der Waals surface area contributed by atoms with E-state index in [1.807, 2.05) is 0 Å². The van der Waals surface area contributed by atoms with E-state index < -0.39 is 58.8 Å². The molecule has 4 aliphatic carbocycles. The zero-order valence-corrected chi connectivity index (χ0v) is 22.7. The summed E-state index contributed by atoms with van der Waals surface area (Å²) in [6.07, 6.45) is 0.689. The van der Waals surface area contributed by atoms with Crippen molar-refractivity contribution in [3.05, 3.63) is 11.6 Å². The van der Waals surface area contributed by atoms with Crippen LogP contribution in [0, 0.1) is 28.6 Å².